The van der Waals surface area contributed by atoms with Gasteiger partial charge in [-0.1, -0.05) is 0 Å². The highest BCUT2D eigenvalue weighted by Gasteiger charge is 2.52. The quantitative estimate of drug-likeness (QED) is 0.765. The van der Waals surface area contributed by atoms with Gasteiger partial charge in [0.25, 0.3) is 0 Å². The van der Waals surface area contributed by atoms with Crippen LogP contribution in [0.5, 0.6) is 0 Å². The summed E-state index contributed by atoms with van der Waals surface area (Å²) in [7, 11) is 2.03. The zero-order valence-corrected chi connectivity index (χ0v) is 10.5. The molecule has 4 bridgehead atoms. The molecule has 92 valence electrons. The molecule has 1 atom stereocenters. The van der Waals surface area contributed by atoms with E-state index in [1.54, 1.807) is 0 Å². The lowest BCUT2D eigenvalue weighted by molar-refractivity contribution is -0.0679. The molecule has 4 aliphatic carbocycles. The van der Waals surface area contributed by atoms with Crippen LogP contribution in [0.3, 0.4) is 0 Å². The van der Waals surface area contributed by atoms with Crippen LogP contribution in [0.1, 0.15) is 44.9 Å². The minimum atomic E-state index is 0.452. The summed E-state index contributed by atoms with van der Waals surface area (Å²) in [5, 5.41) is 3.25. The fourth-order valence-corrected chi connectivity index (χ4v) is 5.24. The van der Waals surface area contributed by atoms with Crippen molar-refractivity contribution in [2.45, 2.75) is 51.0 Å². The van der Waals surface area contributed by atoms with Crippen LogP contribution in [0.25, 0.3) is 0 Å². The highest BCUT2D eigenvalue weighted by molar-refractivity contribution is 5.05. The number of hydrogen-bond donors (Lipinski definition) is 2. The highest BCUT2D eigenvalue weighted by Crippen LogP contribution is 2.61. The molecular formula is C14H26N2. The molecule has 4 saturated carbocycles. The topological polar surface area (TPSA) is 38.0 Å². The Hall–Kier alpha value is -0.0800. The Kier molecular flexibility index (Phi) is 2.75. The second kappa shape index (κ2) is 3.99. The van der Waals surface area contributed by atoms with Crippen molar-refractivity contribution in [1.82, 2.24) is 5.32 Å². The van der Waals surface area contributed by atoms with Crippen molar-refractivity contribution < 1.29 is 0 Å². The Morgan fingerprint density at radius 2 is 1.62 bits per heavy atom. The molecule has 0 aromatic rings. The summed E-state index contributed by atoms with van der Waals surface area (Å²) in [5.74, 6) is 3.10. The van der Waals surface area contributed by atoms with Gasteiger partial charge in [0, 0.05) is 6.04 Å². The zero-order valence-electron chi connectivity index (χ0n) is 10.5. The first kappa shape index (κ1) is 11.0. The maximum atomic E-state index is 6.52. The third-order valence-electron chi connectivity index (χ3n) is 5.58. The summed E-state index contributed by atoms with van der Waals surface area (Å²) in [4.78, 5) is 0. The third-order valence-corrected chi connectivity index (χ3v) is 5.58. The average Bonchev–Trinajstić information content (AvgIpc) is 2.24. The third kappa shape index (κ3) is 1.70. The van der Waals surface area contributed by atoms with Crippen molar-refractivity contribution in [2.75, 3.05) is 13.6 Å². The monoisotopic (exact) mass is 222 g/mol. The minimum absolute atomic E-state index is 0.452. The number of rotatable bonds is 4. The molecule has 0 amide bonds. The van der Waals surface area contributed by atoms with Crippen LogP contribution in [0.2, 0.25) is 0 Å². The fourth-order valence-electron chi connectivity index (χ4n) is 5.24. The lowest BCUT2D eigenvalue weighted by atomic mass is 9.47. The second-order valence-corrected chi connectivity index (χ2v) is 6.78. The van der Waals surface area contributed by atoms with Crippen molar-refractivity contribution in [3.8, 4) is 0 Å². The summed E-state index contributed by atoms with van der Waals surface area (Å²) in [6, 6.07) is 0.452. The lowest BCUT2D eigenvalue weighted by Crippen LogP contribution is -2.55. The first-order valence-corrected chi connectivity index (χ1v) is 7.12. The Morgan fingerprint density at radius 1 is 1.12 bits per heavy atom. The summed E-state index contributed by atoms with van der Waals surface area (Å²) in [5.41, 5.74) is 7.07. The van der Waals surface area contributed by atoms with Crippen LogP contribution >= 0.6 is 0 Å². The smallest absolute Gasteiger partial charge is 0.0108 e. The predicted molar refractivity (Wildman–Crippen MR) is 67.1 cm³/mol. The number of nitrogens with two attached hydrogens (primary N) is 1. The van der Waals surface area contributed by atoms with E-state index in [-0.39, 0.29) is 0 Å². The molecule has 4 rings (SSSR count). The average molecular weight is 222 g/mol. The van der Waals surface area contributed by atoms with E-state index in [2.05, 4.69) is 5.32 Å². The van der Waals surface area contributed by atoms with Crippen LogP contribution in [0.4, 0.5) is 0 Å². The zero-order chi connectivity index (χ0) is 11.2. The van der Waals surface area contributed by atoms with Crippen molar-refractivity contribution in [1.29, 1.82) is 0 Å². The molecule has 0 aromatic carbocycles. The van der Waals surface area contributed by atoms with Crippen molar-refractivity contribution in [2.24, 2.45) is 28.9 Å². The second-order valence-electron chi connectivity index (χ2n) is 6.78. The van der Waals surface area contributed by atoms with Crippen LogP contribution in [0, 0.1) is 23.2 Å². The molecule has 0 spiro atoms. The van der Waals surface area contributed by atoms with Gasteiger partial charge in [-0.2, -0.15) is 0 Å². The normalized spacial score (nSPS) is 47.2. The summed E-state index contributed by atoms with van der Waals surface area (Å²) in [6.07, 6.45) is 10.1. The summed E-state index contributed by atoms with van der Waals surface area (Å²) >= 11 is 0. The highest BCUT2D eigenvalue weighted by atomic mass is 14.8. The van der Waals surface area contributed by atoms with Crippen LogP contribution in [-0.2, 0) is 0 Å². The molecule has 0 aromatic heterocycles. The summed E-state index contributed by atoms with van der Waals surface area (Å²) in [6.45, 7) is 1.09. The van der Waals surface area contributed by atoms with E-state index in [1.807, 2.05) is 7.05 Å². The minimum Gasteiger partial charge on any atom is -0.327 e. The van der Waals surface area contributed by atoms with Gasteiger partial charge in [0.1, 0.15) is 0 Å². The standard InChI is InChI=1S/C14H26N2/c1-16-3-2-13(15)14-7-10-4-11(8-14)6-12(5-10)9-14/h10-13,16H,2-9,15H2,1H3. The van der Waals surface area contributed by atoms with Gasteiger partial charge in [-0.3, -0.25) is 0 Å². The largest absolute Gasteiger partial charge is 0.327 e. The molecule has 2 nitrogen and oxygen atoms in total. The van der Waals surface area contributed by atoms with Gasteiger partial charge in [-0.25, -0.2) is 0 Å². The van der Waals surface area contributed by atoms with E-state index in [0.29, 0.717) is 11.5 Å². The van der Waals surface area contributed by atoms with Gasteiger partial charge in [0.05, 0.1) is 0 Å². The molecule has 4 fully saturated rings. The van der Waals surface area contributed by atoms with E-state index in [0.717, 1.165) is 24.3 Å². The SMILES string of the molecule is CNCCC(N)C12CC3CC(CC(C3)C1)C2. The molecule has 0 aliphatic heterocycles. The van der Waals surface area contributed by atoms with Gasteiger partial charge in [-0.15, -0.1) is 0 Å². The van der Waals surface area contributed by atoms with Crippen molar-refractivity contribution >= 4 is 0 Å². The van der Waals surface area contributed by atoms with Gasteiger partial charge in [0.2, 0.25) is 0 Å². The number of hydrogen-bond acceptors (Lipinski definition) is 2. The molecule has 2 heteroatoms. The van der Waals surface area contributed by atoms with Crippen LogP contribution in [-0.4, -0.2) is 19.6 Å². The molecule has 16 heavy (non-hydrogen) atoms. The maximum Gasteiger partial charge on any atom is 0.0108 e. The molecule has 0 heterocycles. The first-order valence-electron chi connectivity index (χ1n) is 7.12. The van der Waals surface area contributed by atoms with Gasteiger partial charge in [0.15, 0.2) is 0 Å². The Labute approximate surface area is 99.4 Å². The van der Waals surface area contributed by atoms with Gasteiger partial charge >= 0.3 is 0 Å². The van der Waals surface area contributed by atoms with Crippen LogP contribution < -0.4 is 11.1 Å². The molecule has 3 N–H and O–H groups in total. The Bertz CT molecular complexity index is 226. The van der Waals surface area contributed by atoms with Crippen LogP contribution in [0.15, 0.2) is 0 Å². The van der Waals surface area contributed by atoms with E-state index in [9.17, 15) is 0 Å². The maximum absolute atomic E-state index is 6.52. The van der Waals surface area contributed by atoms with Crippen molar-refractivity contribution in [3.63, 3.8) is 0 Å². The van der Waals surface area contributed by atoms with Crippen molar-refractivity contribution in [3.05, 3.63) is 0 Å². The van der Waals surface area contributed by atoms with E-state index < -0.39 is 0 Å². The Morgan fingerprint density at radius 3 is 2.06 bits per heavy atom. The van der Waals surface area contributed by atoms with E-state index >= 15 is 0 Å². The fraction of sp³-hybridized carbons (Fsp3) is 1.00. The lowest BCUT2D eigenvalue weighted by Gasteiger charge is -2.59. The number of nitrogens with one attached hydrogen (secondary N) is 1. The Balaban J connectivity index is 1.72. The molecular weight excluding hydrogens is 196 g/mol. The first-order chi connectivity index (χ1) is 7.72. The molecule has 0 radical (unpaired) electrons. The predicted octanol–water partition coefficient (Wildman–Crippen LogP) is 2.14. The van der Waals surface area contributed by atoms with Gasteiger partial charge in [-0.05, 0) is 81.7 Å². The van der Waals surface area contributed by atoms with E-state index in [4.69, 9.17) is 5.73 Å². The molecule has 0 saturated heterocycles. The van der Waals surface area contributed by atoms with E-state index in [1.165, 1.54) is 44.9 Å². The van der Waals surface area contributed by atoms with Gasteiger partial charge < -0.3 is 11.1 Å². The summed E-state index contributed by atoms with van der Waals surface area (Å²) < 4.78 is 0. The molecule has 1 unspecified atom stereocenters. The molecule has 4 aliphatic rings.